The molecular weight excluding hydrogens is 356 g/mol. The van der Waals surface area contributed by atoms with E-state index in [2.05, 4.69) is 17.9 Å². The second-order valence-electron chi connectivity index (χ2n) is 9.29. The second kappa shape index (κ2) is 4.78. The number of nitrogens with zero attached hydrogens (tertiary/aromatic N) is 2. The zero-order valence-corrected chi connectivity index (χ0v) is 16.2. The number of carbonyl (C=O) groups is 3. The molecule has 2 saturated heterocycles. The monoisotopic (exact) mass is 380 g/mol. The number of rotatable bonds is 2. The molecule has 1 aromatic rings. The van der Waals surface area contributed by atoms with Gasteiger partial charge in [-0.1, -0.05) is 25.1 Å². The Morgan fingerprint density at radius 2 is 2.11 bits per heavy atom. The van der Waals surface area contributed by atoms with Gasteiger partial charge in [0.15, 0.2) is 0 Å². The van der Waals surface area contributed by atoms with Crippen molar-refractivity contribution < 1.29 is 19.1 Å². The van der Waals surface area contributed by atoms with Gasteiger partial charge < -0.3 is 14.5 Å². The normalized spacial score (nSPS) is 44.4. The smallest absolute Gasteiger partial charge is 0.311 e. The zero-order valence-electron chi connectivity index (χ0n) is 16.2. The molecule has 0 N–H and O–H groups in total. The number of anilines is 1. The first-order valence-electron chi connectivity index (χ1n) is 10.2. The third-order valence-electron chi connectivity index (χ3n) is 9.10. The van der Waals surface area contributed by atoms with Gasteiger partial charge in [0, 0.05) is 18.7 Å². The third-order valence-corrected chi connectivity index (χ3v) is 9.10. The van der Waals surface area contributed by atoms with Crippen molar-refractivity contribution in [3.8, 4) is 0 Å². The van der Waals surface area contributed by atoms with Crippen LogP contribution in [-0.4, -0.2) is 48.4 Å². The Hall–Kier alpha value is -2.37. The largest absolute Gasteiger partial charge is 0.469 e. The van der Waals surface area contributed by atoms with Gasteiger partial charge in [-0.05, 0) is 42.2 Å². The molecule has 4 fully saturated rings. The van der Waals surface area contributed by atoms with Gasteiger partial charge in [0.25, 0.3) is 0 Å². The molecule has 146 valence electrons. The van der Waals surface area contributed by atoms with Crippen molar-refractivity contribution in [1.29, 1.82) is 0 Å². The summed E-state index contributed by atoms with van der Waals surface area (Å²) in [5, 5.41) is 0. The number of benzene rings is 1. The third kappa shape index (κ3) is 1.30. The predicted molar refractivity (Wildman–Crippen MR) is 100 cm³/mol. The number of fused-ring (bicyclic) bond motifs is 1. The Morgan fingerprint density at radius 1 is 1.32 bits per heavy atom. The maximum atomic E-state index is 13.2. The molecule has 0 unspecified atom stereocenters. The molecular formula is C22H24N2O4. The lowest BCUT2D eigenvalue weighted by Crippen LogP contribution is -2.66. The van der Waals surface area contributed by atoms with Crippen LogP contribution in [0, 0.1) is 17.3 Å². The predicted octanol–water partition coefficient (Wildman–Crippen LogP) is 1.86. The lowest BCUT2D eigenvalue weighted by Gasteiger charge is -2.52. The molecule has 3 heterocycles. The van der Waals surface area contributed by atoms with E-state index in [0.717, 1.165) is 37.0 Å². The molecule has 6 nitrogen and oxygen atoms in total. The highest BCUT2D eigenvalue weighted by Crippen LogP contribution is 2.81. The Labute approximate surface area is 163 Å². The minimum Gasteiger partial charge on any atom is -0.469 e. The van der Waals surface area contributed by atoms with Crippen LogP contribution >= 0.6 is 0 Å². The molecule has 2 aliphatic carbocycles. The Balaban J connectivity index is 1.74. The van der Waals surface area contributed by atoms with Crippen molar-refractivity contribution in [2.45, 2.75) is 49.6 Å². The lowest BCUT2D eigenvalue weighted by molar-refractivity contribution is -0.150. The van der Waals surface area contributed by atoms with E-state index in [0.29, 0.717) is 12.8 Å². The summed E-state index contributed by atoms with van der Waals surface area (Å²) in [6.07, 6.45) is 3.90. The number of methoxy groups -OCH3 is 1. The highest BCUT2D eigenvalue weighted by molar-refractivity contribution is 5.96. The Kier molecular flexibility index (Phi) is 2.83. The average molecular weight is 380 g/mol. The molecule has 2 saturated carbocycles. The number of carbonyl (C=O) groups excluding carboxylic acids is 3. The van der Waals surface area contributed by atoms with Gasteiger partial charge in [0.2, 0.25) is 12.3 Å². The van der Waals surface area contributed by atoms with Gasteiger partial charge in [-0.3, -0.25) is 14.4 Å². The quantitative estimate of drug-likeness (QED) is 0.580. The van der Waals surface area contributed by atoms with Crippen LogP contribution in [0.15, 0.2) is 24.3 Å². The van der Waals surface area contributed by atoms with Gasteiger partial charge >= 0.3 is 5.97 Å². The molecule has 3 spiro atoms. The summed E-state index contributed by atoms with van der Waals surface area (Å²) in [5.74, 6) is -0.383. The van der Waals surface area contributed by atoms with E-state index >= 15 is 0 Å². The molecule has 5 aliphatic rings. The fraction of sp³-hybridized carbons (Fsp3) is 0.591. The molecule has 6 atom stereocenters. The van der Waals surface area contributed by atoms with Crippen molar-refractivity contribution in [1.82, 2.24) is 4.90 Å². The number of hydrogen-bond acceptors (Lipinski definition) is 4. The molecule has 0 aromatic heterocycles. The van der Waals surface area contributed by atoms with Gasteiger partial charge in [-0.2, -0.15) is 0 Å². The number of esters is 1. The van der Waals surface area contributed by atoms with E-state index < -0.39 is 16.9 Å². The van der Waals surface area contributed by atoms with Crippen molar-refractivity contribution in [2.75, 3.05) is 18.6 Å². The molecule has 2 amide bonds. The molecule has 3 aliphatic heterocycles. The van der Waals surface area contributed by atoms with Crippen LogP contribution in [0.4, 0.5) is 5.69 Å². The minimum atomic E-state index is -0.731. The summed E-state index contributed by atoms with van der Waals surface area (Å²) in [5.41, 5.74) is 0.516. The number of amides is 2. The van der Waals surface area contributed by atoms with Gasteiger partial charge in [0.05, 0.1) is 30.0 Å². The Bertz CT molecular complexity index is 946. The fourth-order valence-corrected chi connectivity index (χ4v) is 8.65. The minimum absolute atomic E-state index is 0.0586. The summed E-state index contributed by atoms with van der Waals surface area (Å²) in [7, 11) is 1.43. The highest BCUT2D eigenvalue weighted by Gasteiger charge is 2.89. The number of hydrogen-bond donors (Lipinski definition) is 0. The molecule has 1 aromatic carbocycles. The molecule has 6 heteroatoms. The van der Waals surface area contributed by atoms with E-state index in [-0.39, 0.29) is 29.3 Å². The molecule has 2 bridgehead atoms. The summed E-state index contributed by atoms with van der Waals surface area (Å²) in [4.78, 5) is 42.7. The van der Waals surface area contributed by atoms with Crippen molar-refractivity contribution in [2.24, 2.45) is 17.3 Å². The molecule has 28 heavy (non-hydrogen) atoms. The Morgan fingerprint density at radius 3 is 2.86 bits per heavy atom. The van der Waals surface area contributed by atoms with Crippen LogP contribution in [0.5, 0.6) is 0 Å². The maximum Gasteiger partial charge on any atom is 0.311 e. The van der Waals surface area contributed by atoms with Crippen LogP contribution in [0.2, 0.25) is 0 Å². The van der Waals surface area contributed by atoms with Crippen LogP contribution in [0.3, 0.4) is 0 Å². The van der Waals surface area contributed by atoms with E-state index in [1.165, 1.54) is 7.11 Å². The van der Waals surface area contributed by atoms with E-state index in [9.17, 15) is 14.4 Å². The second-order valence-corrected chi connectivity index (χ2v) is 9.29. The number of piperidine rings is 1. The number of para-hydroxylation sites is 1. The highest BCUT2D eigenvalue weighted by atomic mass is 16.5. The van der Waals surface area contributed by atoms with Gasteiger partial charge in [0.1, 0.15) is 0 Å². The van der Waals surface area contributed by atoms with Crippen molar-refractivity contribution >= 4 is 24.0 Å². The topological polar surface area (TPSA) is 66.9 Å². The van der Waals surface area contributed by atoms with Gasteiger partial charge in [-0.15, -0.1) is 0 Å². The summed E-state index contributed by atoms with van der Waals surface area (Å²) in [6.45, 7) is 2.99. The van der Waals surface area contributed by atoms with E-state index in [1.807, 2.05) is 23.1 Å². The summed E-state index contributed by atoms with van der Waals surface area (Å²) in [6, 6.07) is 8.01. The molecule has 0 radical (unpaired) electrons. The summed E-state index contributed by atoms with van der Waals surface area (Å²) < 4.78 is 5.26. The van der Waals surface area contributed by atoms with Crippen molar-refractivity contribution in [3.05, 3.63) is 29.8 Å². The molecule has 6 rings (SSSR count). The van der Waals surface area contributed by atoms with Crippen LogP contribution in [0.25, 0.3) is 0 Å². The standard InChI is InChI=1S/C22H24N2O4/c1-13-20-8-5-9-23-17(26)11-21(19(20)23)14-6-3-4-7-16(14)24(12-25)22(13,21)15(10-20)18(27)28-2/h3-4,6-7,12-13,15,19H,5,8-11H2,1-2H3/t13-,15+,19+,20+,21-,22+/m1/s1. The zero-order chi connectivity index (χ0) is 19.5. The SMILES string of the molecule is COC(=O)[C@@H]1C[C@@]23CCCN4C(=O)C[C@@]5(c6ccccc6N(C=O)[C@@]15[C@@H]2C)[C@@H]43. The van der Waals surface area contributed by atoms with Crippen LogP contribution in [0.1, 0.15) is 38.2 Å². The van der Waals surface area contributed by atoms with E-state index in [4.69, 9.17) is 4.74 Å². The average Bonchev–Trinajstić information content (AvgIpc) is 3.31. The number of ether oxygens (including phenoxy) is 1. The van der Waals surface area contributed by atoms with E-state index in [1.54, 1.807) is 0 Å². The lowest BCUT2D eigenvalue weighted by atomic mass is 9.56. The van der Waals surface area contributed by atoms with Crippen LogP contribution < -0.4 is 4.90 Å². The first kappa shape index (κ1) is 16.6. The maximum absolute atomic E-state index is 13.2. The van der Waals surface area contributed by atoms with Crippen LogP contribution in [-0.2, 0) is 24.5 Å². The van der Waals surface area contributed by atoms with Crippen molar-refractivity contribution in [3.63, 3.8) is 0 Å². The van der Waals surface area contributed by atoms with Gasteiger partial charge in [-0.25, -0.2) is 0 Å². The first-order chi connectivity index (χ1) is 13.5. The first-order valence-corrected chi connectivity index (χ1v) is 10.2. The summed E-state index contributed by atoms with van der Waals surface area (Å²) >= 11 is 0. The fourth-order valence-electron chi connectivity index (χ4n) is 8.65.